The summed E-state index contributed by atoms with van der Waals surface area (Å²) >= 11 is 1.45. The van der Waals surface area contributed by atoms with E-state index in [0.717, 1.165) is 44.0 Å². The summed E-state index contributed by atoms with van der Waals surface area (Å²) in [6.45, 7) is 8.23. The van der Waals surface area contributed by atoms with Gasteiger partial charge in [-0.2, -0.15) is 0 Å². The number of nitrogens with zero attached hydrogens (tertiary/aromatic N) is 2. The van der Waals surface area contributed by atoms with Gasteiger partial charge in [0.1, 0.15) is 10.7 Å². The molecule has 1 atom stereocenters. The molecule has 6 heteroatoms. The molecule has 0 saturated carbocycles. The van der Waals surface area contributed by atoms with Gasteiger partial charge in [-0.25, -0.2) is 4.98 Å². The summed E-state index contributed by atoms with van der Waals surface area (Å²) in [6, 6.07) is -0.111. The van der Waals surface area contributed by atoms with Gasteiger partial charge in [-0.15, -0.1) is 11.3 Å². The Balaban J connectivity index is 1.77. The van der Waals surface area contributed by atoms with Crippen molar-refractivity contribution in [1.29, 1.82) is 0 Å². The highest BCUT2D eigenvalue weighted by atomic mass is 32.1. The van der Waals surface area contributed by atoms with E-state index < -0.39 is 0 Å². The maximum Gasteiger partial charge on any atom is 0.270 e. The van der Waals surface area contributed by atoms with Crippen LogP contribution in [0.25, 0.3) is 0 Å². The van der Waals surface area contributed by atoms with E-state index in [0.29, 0.717) is 11.6 Å². The van der Waals surface area contributed by atoms with Crippen LogP contribution in [0.4, 0.5) is 0 Å². The van der Waals surface area contributed by atoms with Crippen molar-refractivity contribution >= 4 is 17.2 Å². The highest BCUT2D eigenvalue weighted by molar-refractivity contribution is 7.09. The smallest absolute Gasteiger partial charge is 0.270 e. The predicted octanol–water partition coefficient (Wildman–Crippen LogP) is 1.62. The minimum atomic E-state index is -0.111. The first-order chi connectivity index (χ1) is 9.60. The number of thiazole rings is 1. The highest BCUT2D eigenvalue weighted by Crippen LogP contribution is 2.17. The molecule has 112 valence electrons. The van der Waals surface area contributed by atoms with Crippen LogP contribution in [0.3, 0.4) is 0 Å². The van der Waals surface area contributed by atoms with Gasteiger partial charge in [0.15, 0.2) is 0 Å². The molecular formula is C14H24N4OS. The largest absolute Gasteiger partial charge is 0.350 e. The Morgan fingerprint density at radius 3 is 2.85 bits per heavy atom. The second-order valence-corrected chi connectivity index (χ2v) is 6.34. The van der Waals surface area contributed by atoms with Crippen LogP contribution in [0.15, 0.2) is 5.38 Å². The third kappa shape index (κ3) is 4.01. The van der Waals surface area contributed by atoms with Gasteiger partial charge in [-0.1, -0.05) is 6.92 Å². The number of hydrogen-bond donors (Lipinski definition) is 2. The predicted molar refractivity (Wildman–Crippen MR) is 81.9 cm³/mol. The lowest BCUT2D eigenvalue weighted by atomic mass is 9.97. The van der Waals surface area contributed by atoms with Gasteiger partial charge in [0.2, 0.25) is 0 Å². The number of carbonyl (C=O) groups excluding carboxylic acids is 1. The van der Waals surface area contributed by atoms with Gasteiger partial charge in [-0.05, 0) is 45.3 Å². The second-order valence-electron chi connectivity index (χ2n) is 5.45. The number of rotatable bonds is 5. The van der Waals surface area contributed by atoms with Crippen molar-refractivity contribution in [1.82, 2.24) is 15.2 Å². The van der Waals surface area contributed by atoms with E-state index in [1.54, 1.807) is 5.38 Å². The summed E-state index contributed by atoms with van der Waals surface area (Å²) in [7, 11) is 0. The third-order valence-corrected chi connectivity index (χ3v) is 4.90. The number of amides is 1. The molecule has 0 bridgehead atoms. The molecule has 1 aliphatic rings. The van der Waals surface area contributed by atoms with Crippen LogP contribution in [0, 0.1) is 5.92 Å². The fourth-order valence-electron chi connectivity index (χ4n) is 2.44. The summed E-state index contributed by atoms with van der Waals surface area (Å²) < 4.78 is 0. The molecule has 1 saturated heterocycles. The molecule has 5 nitrogen and oxygen atoms in total. The number of likely N-dealkylation sites (tertiary alicyclic amines) is 1. The zero-order valence-corrected chi connectivity index (χ0v) is 13.1. The lowest BCUT2D eigenvalue weighted by Gasteiger charge is -2.30. The molecular weight excluding hydrogens is 272 g/mol. The first-order valence-corrected chi connectivity index (χ1v) is 8.19. The van der Waals surface area contributed by atoms with Crippen molar-refractivity contribution in [2.75, 3.05) is 26.2 Å². The van der Waals surface area contributed by atoms with E-state index >= 15 is 0 Å². The van der Waals surface area contributed by atoms with Crippen LogP contribution in [0.2, 0.25) is 0 Å². The number of aromatic nitrogens is 1. The van der Waals surface area contributed by atoms with Gasteiger partial charge in [0, 0.05) is 11.9 Å². The Labute approximate surface area is 124 Å². The first kappa shape index (κ1) is 15.4. The Kier molecular flexibility index (Phi) is 5.51. The summed E-state index contributed by atoms with van der Waals surface area (Å²) in [5, 5.41) is 5.60. The number of piperidine rings is 1. The molecule has 1 fully saturated rings. The Morgan fingerprint density at radius 2 is 2.30 bits per heavy atom. The summed E-state index contributed by atoms with van der Waals surface area (Å²) in [5.41, 5.74) is 6.25. The molecule has 3 N–H and O–H groups in total. The summed E-state index contributed by atoms with van der Waals surface area (Å²) in [6.07, 6.45) is 2.33. The van der Waals surface area contributed by atoms with Crippen LogP contribution in [0.1, 0.15) is 48.2 Å². The molecule has 1 aliphatic heterocycles. The van der Waals surface area contributed by atoms with Crippen molar-refractivity contribution < 1.29 is 4.79 Å². The zero-order valence-electron chi connectivity index (χ0n) is 12.3. The van der Waals surface area contributed by atoms with E-state index in [2.05, 4.69) is 22.1 Å². The maximum atomic E-state index is 12.0. The molecule has 2 heterocycles. The topological polar surface area (TPSA) is 71.2 Å². The molecule has 2 rings (SSSR count). The molecule has 1 aromatic heterocycles. The molecule has 0 spiro atoms. The summed E-state index contributed by atoms with van der Waals surface area (Å²) in [5.74, 6) is 0.513. The number of nitrogens with one attached hydrogen (secondary N) is 1. The fourth-order valence-corrected chi connectivity index (χ4v) is 3.19. The molecule has 1 aromatic rings. The summed E-state index contributed by atoms with van der Waals surface area (Å²) in [4.78, 5) is 18.7. The van der Waals surface area contributed by atoms with Crippen molar-refractivity contribution in [2.24, 2.45) is 11.7 Å². The third-order valence-electron chi connectivity index (χ3n) is 3.85. The van der Waals surface area contributed by atoms with Gasteiger partial charge in [-0.3, -0.25) is 4.79 Å². The van der Waals surface area contributed by atoms with Crippen molar-refractivity contribution in [2.45, 2.75) is 32.7 Å². The van der Waals surface area contributed by atoms with E-state index in [1.165, 1.54) is 11.3 Å². The van der Waals surface area contributed by atoms with Gasteiger partial charge < -0.3 is 16.0 Å². The normalized spacial score (nSPS) is 18.9. The highest BCUT2D eigenvalue weighted by Gasteiger charge is 2.19. The molecule has 1 unspecified atom stereocenters. The second kappa shape index (κ2) is 7.15. The van der Waals surface area contributed by atoms with E-state index in [1.807, 2.05) is 6.92 Å². The van der Waals surface area contributed by atoms with Crippen LogP contribution in [0.5, 0.6) is 0 Å². The van der Waals surface area contributed by atoms with Gasteiger partial charge in [0.05, 0.1) is 6.04 Å². The van der Waals surface area contributed by atoms with Crippen LogP contribution >= 0.6 is 11.3 Å². The van der Waals surface area contributed by atoms with E-state index in [4.69, 9.17) is 5.73 Å². The standard InChI is InChI=1S/C14H24N4OS/c1-3-18-6-4-11(5-7-18)8-16-13(19)12-9-20-14(17-12)10(2)15/h9-11H,3-8,15H2,1-2H3,(H,16,19). The first-order valence-electron chi connectivity index (χ1n) is 7.31. The van der Waals surface area contributed by atoms with E-state index in [9.17, 15) is 4.79 Å². The minimum Gasteiger partial charge on any atom is -0.350 e. The lowest BCUT2D eigenvalue weighted by molar-refractivity contribution is 0.0932. The molecule has 1 amide bonds. The number of hydrogen-bond acceptors (Lipinski definition) is 5. The minimum absolute atomic E-state index is 0.0777. The Bertz CT molecular complexity index is 438. The molecule has 0 aliphatic carbocycles. The monoisotopic (exact) mass is 296 g/mol. The van der Waals surface area contributed by atoms with Gasteiger partial charge in [0.25, 0.3) is 5.91 Å². The molecule has 0 radical (unpaired) electrons. The van der Waals surface area contributed by atoms with Crippen molar-refractivity contribution in [3.05, 3.63) is 16.1 Å². The average Bonchev–Trinajstić information content (AvgIpc) is 2.95. The Morgan fingerprint density at radius 1 is 1.60 bits per heavy atom. The van der Waals surface area contributed by atoms with Crippen LogP contribution < -0.4 is 11.1 Å². The lowest BCUT2D eigenvalue weighted by Crippen LogP contribution is -2.38. The van der Waals surface area contributed by atoms with Crippen molar-refractivity contribution in [3.63, 3.8) is 0 Å². The number of carbonyl (C=O) groups is 1. The molecule has 0 aromatic carbocycles. The fraction of sp³-hybridized carbons (Fsp3) is 0.714. The quantitative estimate of drug-likeness (QED) is 0.866. The van der Waals surface area contributed by atoms with E-state index in [-0.39, 0.29) is 11.9 Å². The number of nitrogens with two attached hydrogens (primary N) is 1. The Hall–Kier alpha value is -0.980. The SMILES string of the molecule is CCN1CCC(CNC(=O)c2csc(C(C)N)n2)CC1. The van der Waals surface area contributed by atoms with Gasteiger partial charge >= 0.3 is 0 Å². The van der Waals surface area contributed by atoms with Crippen LogP contribution in [-0.2, 0) is 0 Å². The van der Waals surface area contributed by atoms with Crippen LogP contribution in [-0.4, -0.2) is 42.0 Å². The average molecular weight is 296 g/mol. The molecule has 20 heavy (non-hydrogen) atoms. The maximum absolute atomic E-state index is 12.0. The zero-order chi connectivity index (χ0) is 14.5. The van der Waals surface area contributed by atoms with Crippen molar-refractivity contribution in [3.8, 4) is 0 Å².